The molecule has 17 heavy (non-hydrogen) atoms. The molecule has 0 unspecified atom stereocenters. The summed E-state index contributed by atoms with van der Waals surface area (Å²) in [5.41, 5.74) is 0.231. The van der Waals surface area contributed by atoms with E-state index in [1.807, 2.05) is 0 Å². The van der Waals surface area contributed by atoms with Crippen LogP contribution in [0.4, 0.5) is 0 Å². The number of morpholine rings is 1. The van der Waals surface area contributed by atoms with Crippen LogP contribution in [-0.4, -0.2) is 49.3 Å². The maximum Gasteiger partial charge on any atom is 0.0645 e. The van der Waals surface area contributed by atoms with E-state index in [9.17, 15) is 0 Å². The molecule has 1 saturated heterocycles. The smallest absolute Gasteiger partial charge is 0.0645 e. The summed E-state index contributed by atoms with van der Waals surface area (Å²) in [5.74, 6) is 0. The Kier molecular flexibility index (Phi) is 6.45. The van der Waals surface area contributed by atoms with E-state index in [4.69, 9.17) is 4.74 Å². The van der Waals surface area contributed by atoms with Gasteiger partial charge < -0.3 is 10.1 Å². The van der Waals surface area contributed by atoms with E-state index in [2.05, 4.69) is 37.9 Å². The van der Waals surface area contributed by atoms with Gasteiger partial charge in [0.15, 0.2) is 0 Å². The Balaban J connectivity index is 2.05. The number of hydrogen-bond donors (Lipinski definition) is 1. The summed E-state index contributed by atoms with van der Waals surface area (Å²) in [4.78, 5) is 2.58. The lowest BCUT2D eigenvalue weighted by Crippen LogP contribution is -2.53. The topological polar surface area (TPSA) is 24.5 Å². The Morgan fingerprint density at radius 2 is 2.00 bits per heavy atom. The molecule has 0 bridgehead atoms. The summed E-state index contributed by atoms with van der Waals surface area (Å²) in [5, 5.41) is 3.47. The first-order valence-electron chi connectivity index (χ1n) is 7.08. The highest BCUT2D eigenvalue weighted by molar-refractivity contribution is 4.84. The molecule has 0 aliphatic carbocycles. The van der Waals surface area contributed by atoms with Crippen LogP contribution in [0.3, 0.4) is 0 Å². The Hall–Kier alpha value is -0.120. The molecule has 1 fully saturated rings. The molecule has 1 aliphatic heterocycles. The molecule has 0 atom stereocenters. The van der Waals surface area contributed by atoms with Crippen LogP contribution in [0.1, 0.15) is 47.0 Å². The number of unbranched alkanes of at least 4 members (excludes halogenated alkanes) is 2. The van der Waals surface area contributed by atoms with Crippen molar-refractivity contribution in [2.75, 3.05) is 32.8 Å². The molecule has 0 aromatic heterocycles. The molecule has 102 valence electrons. The highest BCUT2D eigenvalue weighted by atomic mass is 16.5. The standard InChI is InChI=1S/C14H30N2O/c1-13(2)15-8-6-5-7-9-16-10-11-17-12-14(16,3)4/h13,15H,5-12H2,1-4H3. The fraction of sp³-hybridized carbons (Fsp3) is 1.00. The molecule has 3 heteroatoms. The van der Waals surface area contributed by atoms with Gasteiger partial charge in [-0.25, -0.2) is 0 Å². The van der Waals surface area contributed by atoms with E-state index in [1.165, 1.54) is 25.8 Å². The molecule has 0 spiro atoms. The van der Waals surface area contributed by atoms with Crippen LogP contribution in [0.5, 0.6) is 0 Å². The summed E-state index contributed by atoms with van der Waals surface area (Å²) < 4.78 is 5.53. The molecule has 0 radical (unpaired) electrons. The maximum atomic E-state index is 5.53. The second-order valence-electron chi connectivity index (χ2n) is 6.02. The van der Waals surface area contributed by atoms with E-state index >= 15 is 0 Å². The van der Waals surface area contributed by atoms with E-state index in [0.29, 0.717) is 6.04 Å². The zero-order chi connectivity index (χ0) is 12.7. The van der Waals surface area contributed by atoms with E-state index in [-0.39, 0.29) is 5.54 Å². The minimum Gasteiger partial charge on any atom is -0.378 e. The minimum atomic E-state index is 0.231. The lowest BCUT2D eigenvalue weighted by molar-refractivity contribution is -0.0513. The number of hydrogen-bond acceptors (Lipinski definition) is 3. The number of nitrogens with zero attached hydrogens (tertiary/aromatic N) is 1. The van der Waals surface area contributed by atoms with E-state index in [0.717, 1.165) is 26.3 Å². The first kappa shape index (κ1) is 14.9. The van der Waals surface area contributed by atoms with E-state index < -0.39 is 0 Å². The van der Waals surface area contributed by atoms with Gasteiger partial charge in [-0.15, -0.1) is 0 Å². The van der Waals surface area contributed by atoms with Crippen molar-refractivity contribution in [3.05, 3.63) is 0 Å². The van der Waals surface area contributed by atoms with Gasteiger partial charge in [-0.2, -0.15) is 0 Å². The van der Waals surface area contributed by atoms with Gasteiger partial charge >= 0.3 is 0 Å². The molecule has 0 saturated carbocycles. The van der Waals surface area contributed by atoms with Crippen LogP contribution in [0.25, 0.3) is 0 Å². The Bertz CT molecular complexity index is 204. The van der Waals surface area contributed by atoms with Gasteiger partial charge in [-0.05, 0) is 39.8 Å². The molecule has 3 nitrogen and oxygen atoms in total. The van der Waals surface area contributed by atoms with Gasteiger partial charge in [-0.1, -0.05) is 20.3 Å². The Morgan fingerprint density at radius 1 is 1.24 bits per heavy atom. The van der Waals surface area contributed by atoms with Crippen molar-refractivity contribution in [3.63, 3.8) is 0 Å². The van der Waals surface area contributed by atoms with Crippen molar-refractivity contribution in [2.24, 2.45) is 0 Å². The summed E-state index contributed by atoms with van der Waals surface area (Å²) in [6.07, 6.45) is 3.93. The predicted octanol–water partition coefficient (Wildman–Crippen LogP) is 2.27. The predicted molar refractivity (Wildman–Crippen MR) is 73.5 cm³/mol. The van der Waals surface area contributed by atoms with Crippen LogP contribution in [0, 0.1) is 0 Å². The maximum absolute atomic E-state index is 5.53. The third-order valence-electron chi connectivity index (χ3n) is 3.47. The monoisotopic (exact) mass is 242 g/mol. The Morgan fingerprint density at radius 3 is 2.65 bits per heavy atom. The fourth-order valence-corrected chi connectivity index (χ4v) is 2.30. The normalized spacial score (nSPS) is 21.0. The molecule has 1 aliphatic rings. The first-order valence-corrected chi connectivity index (χ1v) is 7.08. The molecule has 0 aromatic carbocycles. The van der Waals surface area contributed by atoms with Crippen molar-refractivity contribution in [1.29, 1.82) is 0 Å². The molecule has 1 rings (SSSR count). The largest absolute Gasteiger partial charge is 0.378 e. The number of nitrogens with one attached hydrogen (secondary N) is 1. The minimum absolute atomic E-state index is 0.231. The van der Waals surface area contributed by atoms with Crippen LogP contribution >= 0.6 is 0 Å². The van der Waals surface area contributed by atoms with Crippen molar-refractivity contribution >= 4 is 0 Å². The van der Waals surface area contributed by atoms with Crippen molar-refractivity contribution in [2.45, 2.75) is 58.5 Å². The second kappa shape index (κ2) is 7.34. The van der Waals surface area contributed by atoms with Crippen molar-refractivity contribution in [1.82, 2.24) is 10.2 Å². The van der Waals surface area contributed by atoms with Gasteiger partial charge in [0.2, 0.25) is 0 Å². The van der Waals surface area contributed by atoms with Crippen LogP contribution in [0.2, 0.25) is 0 Å². The summed E-state index contributed by atoms with van der Waals surface area (Å²) in [7, 11) is 0. The zero-order valence-electron chi connectivity index (χ0n) is 12.1. The van der Waals surface area contributed by atoms with Gasteiger partial charge in [0.1, 0.15) is 0 Å². The van der Waals surface area contributed by atoms with Crippen LogP contribution in [0.15, 0.2) is 0 Å². The van der Waals surface area contributed by atoms with Crippen LogP contribution < -0.4 is 5.32 Å². The molecule has 1 N–H and O–H groups in total. The zero-order valence-corrected chi connectivity index (χ0v) is 12.1. The Labute approximate surface area is 107 Å². The number of rotatable bonds is 7. The molecule has 0 amide bonds. The lowest BCUT2D eigenvalue weighted by atomic mass is 10.0. The quantitative estimate of drug-likeness (QED) is 0.693. The van der Waals surface area contributed by atoms with Gasteiger partial charge in [0, 0.05) is 18.1 Å². The third kappa shape index (κ3) is 5.84. The summed E-state index contributed by atoms with van der Waals surface area (Å²) in [6, 6.07) is 0.619. The lowest BCUT2D eigenvalue weighted by Gasteiger charge is -2.42. The molecular formula is C14H30N2O. The van der Waals surface area contributed by atoms with Gasteiger partial charge in [0.05, 0.1) is 13.2 Å². The van der Waals surface area contributed by atoms with Crippen LogP contribution in [-0.2, 0) is 4.74 Å². The second-order valence-corrected chi connectivity index (χ2v) is 6.02. The van der Waals surface area contributed by atoms with E-state index in [1.54, 1.807) is 0 Å². The van der Waals surface area contributed by atoms with Gasteiger partial charge in [-0.3, -0.25) is 4.90 Å². The highest BCUT2D eigenvalue weighted by Crippen LogP contribution is 2.19. The van der Waals surface area contributed by atoms with Crippen molar-refractivity contribution in [3.8, 4) is 0 Å². The fourth-order valence-electron chi connectivity index (χ4n) is 2.30. The first-order chi connectivity index (χ1) is 8.02. The average Bonchev–Trinajstić information content (AvgIpc) is 2.24. The van der Waals surface area contributed by atoms with Gasteiger partial charge in [0.25, 0.3) is 0 Å². The molecule has 1 heterocycles. The number of ether oxygens (including phenoxy) is 1. The summed E-state index contributed by atoms with van der Waals surface area (Å²) in [6.45, 7) is 14.2. The highest BCUT2D eigenvalue weighted by Gasteiger charge is 2.29. The average molecular weight is 242 g/mol. The SMILES string of the molecule is CC(C)NCCCCCN1CCOCC1(C)C. The third-order valence-corrected chi connectivity index (χ3v) is 3.47. The summed E-state index contributed by atoms with van der Waals surface area (Å²) >= 11 is 0. The molecule has 0 aromatic rings. The van der Waals surface area contributed by atoms with Crippen molar-refractivity contribution < 1.29 is 4.74 Å². The molecular weight excluding hydrogens is 212 g/mol.